The van der Waals surface area contributed by atoms with Crippen molar-refractivity contribution < 1.29 is 0 Å². The topological polar surface area (TPSA) is 17.3 Å². The highest BCUT2D eigenvalue weighted by molar-refractivity contribution is 6.83. The summed E-state index contributed by atoms with van der Waals surface area (Å²) in [4.78, 5) is 4.51. The first-order valence-corrected chi connectivity index (χ1v) is 10.6. The Morgan fingerprint density at radius 1 is 1.05 bits per heavy atom. The van der Waals surface area contributed by atoms with E-state index in [1.165, 1.54) is 5.56 Å². The Bertz CT molecular complexity index is 830. The molecule has 0 N–H and O–H groups in total. The molecule has 0 aliphatic carbocycles. The maximum atomic E-state index is 4.51. The van der Waals surface area contributed by atoms with Gasteiger partial charge in [-0.05, 0) is 12.1 Å². The fourth-order valence-electron chi connectivity index (χ4n) is 2.14. The molecule has 3 rings (SSSR count). The number of hydrogen-bond acceptors (Lipinski definition) is 1. The molecule has 0 saturated carbocycles. The first kappa shape index (κ1) is 13.7. The van der Waals surface area contributed by atoms with E-state index in [1.54, 1.807) is 0 Å². The summed E-state index contributed by atoms with van der Waals surface area (Å²) in [6, 6.07) is 14.4. The maximum absolute atomic E-state index is 4.51. The van der Waals surface area contributed by atoms with Crippen molar-refractivity contribution in [3.63, 3.8) is 0 Å². The molecule has 0 aliphatic rings. The van der Waals surface area contributed by atoms with Crippen molar-refractivity contribution in [2.24, 2.45) is 0 Å². The largest absolute Gasteiger partial charge is 0.300 e. The van der Waals surface area contributed by atoms with Crippen LogP contribution >= 0.6 is 0 Å². The first-order chi connectivity index (χ1) is 10.0. The predicted octanol–water partition coefficient (Wildman–Crippen LogP) is 4.23. The van der Waals surface area contributed by atoms with E-state index in [2.05, 4.69) is 71.0 Å². The normalized spacial score (nSPS) is 11.2. The maximum Gasteiger partial charge on any atom is 0.138 e. The lowest BCUT2D eigenvalue weighted by atomic mass is 10.2. The van der Waals surface area contributed by atoms with Crippen LogP contribution in [0.3, 0.4) is 0 Å². The molecule has 0 spiro atoms. The Kier molecular flexibility index (Phi) is 3.40. The quantitative estimate of drug-likeness (QED) is 0.484. The number of imidazole rings is 1. The van der Waals surface area contributed by atoms with Crippen LogP contribution < -0.4 is 0 Å². The first-order valence-electron chi connectivity index (χ1n) is 7.09. The van der Waals surface area contributed by atoms with Gasteiger partial charge < -0.3 is 0 Å². The summed E-state index contributed by atoms with van der Waals surface area (Å²) in [6.45, 7) is 6.75. The second kappa shape index (κ2) is 5.23. The molecule has 1 aromatic carbocycles. The molecular weight excluding hydrogens is 272 g/mol. The molecule has 0 amide bonds. The van der Waals surface area contributed by atoms with Crippen molar-refractivity contribution in [1.82, 2.24) is 9.38 Å². The number of rotatable bonds is 1. The Morgan fingerprint density at radius 2 is 1.81 bits per heavy atom. The third-order valence-corrected chi connectivity index (χ3v) is 4.04. The van der Waals surface area contributed by atoms with E-state index in [1.807, 2.05) is 24.4 Å². The highest BCUT2D eigenvalue weighted by atomic mass is 28.3. The zero-order chi connectivity index (χ0) is 14.9. The van der Waals surface area contributed by atoms with Gasteiger partial charge in [-0.15, -0.1) is 5.54 Å². The minimum Gasteiger partial charge on any atom is -0.300 e. The van der Waals surface area contributed by atoms with Crippen LogP contribution in [0.1, 0.15) is 5.56 Å². The van der Waals surface area contributed by atoms with Crippen molar-refractivity contribution >= 4 is 13.7 Å². The van der Waals surface area contributed by atoms with Crippen molar-refractivity contribution in [3.05, 3.63) is 60.4 Å². The summed E-state index contributed by atoms with van der Waals surface area (Å²) in [5.74, 6) is 3.28. The predicted molar refractivity (Wildman–Crippen MR) is 90.9 cm³/mol. The van der Waals surface area contributed by atoms with Crippen LogP contribution in [0.15, 0.2) is 54.9 Å². The molecule has 0 bridgehead atoms. The van der Waals surface area contributed by atoms with Crippen LogP contribution in [-0.2, 0) is 0 Å². The molecule has 3 aromatic rings. The van der Waals surface area contributed by atoms with Crippen molar-refractivity contribution in [2.45, 2.75) is 19.6 Å². The summed E-state index contributed by atoms with van der Waals surface area (Å²) < 4.78 is 2.11. The van der Waals surface area contributed by atoms with Crippen LogP contribution in [0.5, 0.6) is 0 Å². The molecule has 0 unspecified atom stereocenters. The van der Waals surface area contributed by atoms with Crippen LogP contribution in [0.2, 0.25) is 19.6 Å². The van der Waals surface area contributed by atoms with Crippen LogP contribution in [0.25, 0.3) is 16.9 Å². The second-order valence-corrected chi connectivity index (χ2v) is 10.9. The average molecular weight is 290 g/mol. The second-order valence-electron chi connectivity index (χ2n) is 6.15. The van der Waals surface area contributed by atoms with Gasteiger partial charge in [0.15, 0.2) is 0 Å². The molecule has 0 atom stereocenters. The Labute approximate surface area is 126 Å². The van der Waals surface area contributed by atoms with E-state index in [0.717, 1.165) is 16.9 Å². The number of fused-ring (bicyclic) bond motifs is 1. The van der Waals surface area contributed by atoms with Gasteiger partial charge in [0.1, 0.15) is 13.7 Å². The molecule has 0 fully saturated rings. The smallest absolute Gasteiger partial charge is 0.138 e. The van der Waals surface area contributed by atoms with Crippen molar-refractivity contribution in [3.8, 4) is 22.7 Å². The molecule has 2 heterocycles. The number of aromatic nitrogens is 2. The van der Waals surface area contributed by atoms with Crippen LogP contribution in [0.4, 0.5) is 0 Å². The average Bonchev–Trinajstić information content (AvgIpc) is 2.88. The molecule has 3 heteroatoms. The van der Waals surface area contributed by atoms with Gasteiger partial charge in [0.25, 0.3) is 0 Å². The standard InChI is InChI=1S/C18H18N2Si/c1-21(2,3)12-10-15-9-11-20-17(14-19-18(20)13-15)16-7-5-4-6-8-16/h4-9,11,13-14H,1-3H3. The zero-order valence-corrected chi connectivity index (χ0v) is 13.6. The Balaban J connectivity index is 2.04. The fourth-order valence-corrected chi connectivity index (χ4v) is 2.66. The van der Waals surface area contributed by atoms with Crippen molar-refractivity contribution in [1.29, 1.82) is 0 Å². The summed E-state index contributed by atoms with van der Waals surface area (Å²) >= 11 is 0. The van der Waals surface area contributed by atoms with Gasteiger partial charge in [-0.3, -0.25) is 4.40 Å². The summed E-state index contributed by atoms with van der Waals surface area (Å²) in [5.41, 5.74) is 7.65. The van der Waals surface area contributed by atoms with E-state index >= 15 is 0 Å². The monoisotopic (exact) mass is 290 g/mol. The lowest BCUT2D eigenvalue weighted by molar-refractivity contribution is 1.19. The number of nitrogens with zero attached hydrogens (tertiary/aromatic N) is 2. The highest BCUT2D eigenvalue weighted by Gasteiger charge is 2.08. The molecule has 2 nitrogen and oxygen atoms in total. The Hall–Kier alpha value is -2.31. The van der Waals surface area contributed by atoms with Crippen molar-refractivity contribution in [2.75, 3.05) is 0 Å². The van der Waals surface area contributed by atoms with Crippen LogP contribution in [-0.4, -0.2) is 17.5 Å². The molecule has 0 aliphatic heterocycles. The highest BCUT2D eigenvalue weighted by Crippen LogP contribution is 2.20. The van der Waals surface area contributed by atoms with Gasteiger partial charge in [-0.25, -0.2) is 4.98 Å². The van der Waals surface area contributed by atoms with Crippen LogP contribution in [0, 0.1) is 11.5 Å². The molecule has 2 aromatic heterocycles. The number of hydrogen-bond donors (Lipinski definition) is 0. The summed E-state index contributed by atoms with van der Waals surface area (Å²) in [5, 5.41) is 0. The van der Waals surface area contributed by atoms with Gasteiger partial charge >= 0.3 is 0 Å². The molecule has 21 heavy (non-hydrogen) atoms. The van der Waals surface area contributed by atoms with Gasteiger partial charge in [0, 0.05) is 17.3 Å². The summed E-state index contributed by atoms with van der Waals surface area (Å²) in [6.07, 6.45) is 3.97. The Morgan fingerprint density at radius 3 is 2.52 bits per heavy atom. The third-order valence-electron chi connectivity index (χ3n) is 3.16. The SMILES string of the molecule is C[Si](C)(C)C#Cc1ccn2c(-c3ccccc3)cnc2c1. The fraction of sp³-hybridized carbons (Fsp3) is 0.167. The number of pyridine rings is 1. The molecule has 0 saturated heterocycles. The van der Waals surface area contributed by atoms with E-state index in [-0.39, 0.29) is 0 Å². The lowest BCUT2D eigenvalue weighted by Gasteiger charge is -2.04. The minimum absolute atomic E-state index is 0.941. The van der Waals surface area contributed by atoms with Gasteiger partial charge in [-0.2, -0.15) is 0 Å². The molecule has 104 valence electrons. The number of benzene rings is 1. The summed E-state index contributed by atoms with van der Waals surface area (Å²) in [7, 11) is -1.34. The zero-order valence-electron chi connectivity index (χ0n) is 12.6. The third kappa shape index (κ3) is 3.06. The van der Waals surface area contributed by atoms with Gasteiger partial charge in [-0.1, -0.05) is 55.9 Å². The van der Waals surface area contributed by atoms with Gasteiger partial charge in [0.05, 0.1) is 11.9 Å². The van der Waals surface area contributed by atoms with E-state index in [9.17, 15) is 0 Å². The minimum atomic E-state index is -1.34. The van der Waals surface area contributed by atoms with E-state index < -0.39 is 8.07 Å². The van der Waals surface area contributed by atoms with E-state index in [4.69, 9.17) is 0 Å². The molecule has 0 radical (unpaired) electrons. The van der Waals surface area contributed by atoms with E-state index in [0.29, 0.717) is 0 Å². The molecular formula is C18H18N2Si. The lowest BCUT2D eigenvalue weighted by Crippen LogP contribution is -2.16. The van der Waals surface area contributed by atoms with Gasteiger partial charge in [0.2, 0.25) is 0 Å².